The van der Waals surface area contributed by atoms with Gasteiger partial charge in [-0.2, -0.15) is 0 Å². The van der Waals surface area contributed by atoms with Gasteiger partial charge in [-0.25, -0.2) is 8.42 Å². The van der Waals surface area contributed by atoms with Gasteiger partial charge < -0.3 is 5.73 Å². The molecule has 0 aromatic heterocycles. The monoisotopic (exact) mass is 241 g/mol. The van der Waals surface area contributed by atoms with Crippen LogP contribution in [0.3, 0.4) is 0 Å². The summed E-state index contributed by atoms with van der Waals surface area (Å²) in [5.41, 5.74) is 6.92. The summed E-state index contributed by atoms with van der Waals surface area (Å²) in [5, 5.41) is 0. The van der Waals surface area contributed by atoms with Gasteiger partial charge in [0.05, 0.1) is 10.6 Å². The highest BCUT2D eigenvalue weighted by atomic mass is 32.2. The molecular formula is C12H19NO2S. The van der Waals surface area contributed by atoms with Crippen LogP contribution in [0, 0.1) is 0 Å². The minimum absolute atomic E-state index is 0.140. The van der Waals surface area contributed by atoms with Crippen LogP contribution in [0.2, 0.25) is 0 Å². The summed E-state index contributed by atoms with van der Waals surface area (Å²) in [6, 6.07) is 7.16. The van der Waals surface area contributed by atoms with E-state index in [0.29, 0.717) is 4.90 Å². The van der Waals surface area contributed by atoms with Gasteiger partial charge in [0.15, 0.2) is 9.84 Å². The van der Waals surface area contributed by atoms with Crippen LogP contribution in [-0.4, -0.2) is 20.2 Å². The molecule has 0 amide bonds. The molecule has 1 aromatic carbocycles. The van der Waals surface area contributed by atoms with Crippen LogP contribution in [-0.2, 0) is 16.3 Å². The molecule has 0 saturated carbocycles. The lowest BCUT2D eigenvalue weighted by atomic mass is 10.1. The molecule has 0 aliphatic carbocycles. The topological polar surface area (TPSA) is 60.2 Å². The highest BCUT2D eigenvalue weighted by Crippen LogP contribution is 2.13. The second-order valence-electron chi connectivity index (χ2n) is 3.92. The molecule has 3 nitrogen and oxygen atoms in total. The Morgan fingerprint density at radius 2 is 1.75 bits per heavy atom. The summed E-state index contributed by atoms with van der Waals surface area (Å²) in [6.07, 6.45) is 1.72. The van der Waals surface area contributed by atoms with Crippen LogP contribution >= 0.6 is 0 Å². The summed E-state index contributed by atoms with van der Waals surface area (Å²) in [5.74, 6) is 0.140. The zero-order valence-electron chi connectivity index (χ0n) is 9.81. The van der Waals surface area contributed by atoms with E-state index in [1.54, 1.807) is 19.1 Å². The average Bonchev–Trinajstić information content (AvgIpc) is 2.29. The van der Waals surface area contributed by atoms with Crippen molar-refractivity contribution in [1.29, 1.82) is 0 Å². The molecule has 0 aliphatic rings. The minimum atomic E-state index is -3.08. The normalized spacial score (nSPS) is 13.7. The zero-order chi connectivity index (χ0) is 12.2. The first kappa shape index (κ1) is 13.2. The lowest BCUT2D eigenvalue weighted by Crippen LogP contribution is -2.21. The van der Waals surface area contributed by atoms with E-state index >= 15 is 0 Å². The highest BCUT2D eigenvalue weighted by Gasteiger charge is 2.11. The Bertz CT molecular complexity index is 423. The Morgan fingerprint density at radius 3 is 2.19 bits per heavy atom. The number of rotatable bonds is 5. The smallest absolute Gasteiger partial charge is 0.178 e. The van der Waals surface area contributed by atoms with E-state index in [1.165, 1.54) is 0 Å². The molecule has 0 spiro atoms. The third kappa shape index (κ3) is 3.32. The largest absolute Gasteiger partial charge is 0.327 e. The Balaban J connectivity index is 2.84. The summed E-state index contributed by atoms with van der Waals surface area (Å²) in [4.78, 5) is 0.392. The van der Waals surface area contributed by atoms with E-state index in [2.05, 4.69) is 0 Å². The van der Waals surface area contributed by atoms with Crippen LogP contribution in [0.4, 0.5) is 0 Å². The summed E-state index contributed by atoms with van der Waals surface area (Å²) in [7, 11) is -3.08. The maximum absolute atomic E-state index is 11.6. The van der Waals surface area contributed by atoms with Crippen molar-refractivity contribution in [2.45, 2.75) is 37.6 Å². The van der Waals surface area contributed by atoms with Crippen LogP contribution < -0.4 is 5.73 Å². The van der Waals surface area contributed by atoms with Gasteiger partial charge >= 0.3 is 0 Å². The zero-order valence-corrected chi connectivity index (χ0v) is 10.6. The maximum Gasteiger partial charge on any atom is 0.178 e. The average molecular weight is 241 g/mol. The summed E-state index contributed by atoms with van der Waals surface area (Å²) >= 11 is 0. The van der Waals surface area contributed by atoms with Gasteiger partial charge in [-0.3, -0.25) is 0 Å². The van der Waals surface area contributed by atoms with Gasteiger partial charge in [0.1, 0.15) is 0 Å². The summed E-state index contributed by atoms with van der Waals surface area (Å²) < 4.78 is 23.1. The van der Waals surface area contributed by atoms with Crippen LogP contribution in [0.1, 0.15) is 25.8 Å². The van der Waals surface area contributed by atoms with Crippen molar-refractivity contribution in [2.24, 2.45) is 5.73 Å². The Kier molecular flexibility index (Phi) is 4.50. The fourth-order valence-electron chi connectivity index (χ4n) is 1.45. The Morgan fingerprint density at radius 1 is 1.19 bits per heavy atom. The van der Waals surface area contributed by atoms with E-state index in [4.69, 9.17) is 5.73 Å². The molecule has 4 heteroatoms. The highest BCUT2D eigenvalue weighted by molar-refractivity contribution is 7.91. The van der Waals surface area contributed by atoms with Crippen molar-refractivity contribution >= 4 is 9.84 Å². The van der Waals surface area contributed by atoms with Gasteiger partial charge in [-0.05, 0) is 30.5 Å². The van der Waals surface area contributed by atoms with E-state index in [9.17, 15) is 8.42 Å². The van der Waals surface area contributed by atoms with Crippen molar-refractivity contribution < 1.29 is 8.42 Å². The third-order valence-corrected chi connectivity index (χ3v) is 4.44. The van der Waals surface area contributed by atoms with Gasteiger partial charge in [0, 0.05) is 6.04 Å². The summed E-state index contributed by atoms with van der Waals surface area (Å²) in [6.45, 7) is 3.69. The molecule has 90 valence electrons. The Labute approximate surface area is 97.6 Å². The fraction of sp³-hybridized carbons (Fsp3) is 0.500. The van der Waals surface area contributed by atoms with Gasteiger partial charge in [0.25, 0.3) is 0 Å². The third-order valence-electron chi connectivity index (χ3n) is 2.68. The standard InChI is InChI=1S/C12H19NO2S/c1-3-11(13)9-10-5-7-12(8-6-10)16(14,15)4-2/h5-8,11H,3-4,9,13H2,1-2H3. The van der Waals surface area contributed by atoms with Crippen molar-refractivity contribution in [3.8, 4) is 0 Å². The first-order valence-electron chi connectivity index (χ1n) is 5.57. The number of hydrogen-bond donors (Lipinski definition) is 1. The van der Waals surface area contributed by atoms with E-state index < -0.39 is 9.84 Å². The molecule has 16 heavy (non-hydrogen) atoms. The first-order valence-corrected chi connectivity index (χ1v) is 7.22. The molecule has 0 heterocycles. The van der Waals surface area contributed by atoms with Gasteiger partial charge in [0.2, 0.25) is 0 Å². The molecular weight excluding hydrogens is 222 g/mol. The van der Waals surface area contributed by atoms with Crippen molar-refractivity contribution in [2.75, 3.05) is 5.75 Å². The molecule has 1 unspecified atom stereocenters. The molecule has 0 aliphatic heterocycles. The quantitative estimate of drug-likeness (QED) is 0.854. The molecule has 2 N–H and O–H groups in total. The Hall–Kier alpha value is -0.870. The predicted octanol–water partition coefficient (Wildman–Crippen LogP) is 1.76. The number of benzene rings is 1. The first-order chi connectivity index (χ1) is 7.49. The van der Waals surface area contributed by atoms with E-state index in [-0.39, 0.29) is 11.8 Å². The lowest BCUT2D eigenvalue weighted by molar-refractivity contribution is 0.597. The molecule has 1 atom stereocenters. The van der Waals surface area contributed by atoms with Crippen LogP contribution in [0.5, 0.6) is 0 Å². The molecule has 1 aromatic rings. The molecule has 1 rings (SSSR count). The molecule has 0 bridgehead atoms. The van der Waals surface area contributed by atoms with Crippen LogP contribution in [0.15, 0.2) is 29.2 Å². The molecule has 0 saturated heterocycles. The predicted molar refractivity (Wildman–Crippen MR) is 66.1 cm³/mol. The van der Waals surface area contributed by atoms with Crippen molar-refractivity contribution in [3.63, 3.8) is 0 Å². The van der Waals surface area contributed by atoms with Crippen molar-refractivity contribution in [1.82, 2.24) is 0 Å². The second kappa shape index (κ2) is 5.46. The SMILES string of the molecule is CCC(N)Cc1ccc(S(=O)(=O)CC)cc1. The van der Waals surface area contributed by atoms with E-state index in [1.807, 2.05) is 19.1 Å². The number of sulfone groups is 1. The number of hydrogen-bond acceptors (Lipinski definition) is 3. The van der Waals surface area contributed by atoms with Gasteiger partial charge in [-0.1, -0.05) is 26.0 Å². The van der Waals surface area contributed by atoms with E-state index in [0.717, 1.165) is 18.4 Å². The van der Waals surface area contributed by atoms with Gasteiger partial charge in [-0.15, -0.1) is 0 Å². The molecule has 0 fully saturated rings. The van der Waals surface area contributed by atoms with Crippen molar-refractivity contribution in [3.05, 3.63) is 29.8 Å². The molecule has 0 radical (unpaired) electrons. The lowest BCUT2D eigenvalue weighted by Gasteiger charge is -2.09. The number of nitrogens with two attached hydrogens (primary N) is 1. The fourth-order valence-corrected chi connectivity index (χ4v) is 2.33. The second-order valence-corrected chi connectivity index (χ2v) is 6.20. The maximum atomic E-state index is 11.6. The minimum Gasteiger partial charge on any atom is -0.327 e. The van der Waals surface area contributed by atoms with Crippen LogP contribution in [0.25, 0.3) is 0 Å².